The summed E-state index contributed by atoms with van der Waals surface area (Å²) >= 11 is 0. The monoisotopic (exact) mass is 304 g/mol. The van der Waals surface area contributed by atoms with Crippen molar-refractivity contribution in [3.05, 3.63) is 71.2 Å². The van der Waals surface area contributed by atoms with Gasteiger partial charge >= 0.3 is 5.63 Å². The summed E-state index contributed by atoms with van der Waals surface area (Å²) in [5, 5.41) is 2.07. The van der Waals surface area contributed by atoms with E-state index in [0.29, 0.717) is 11.4 Å². The van der Waals surface area contributed by atoms with Crippen LogP contribution in [-0.4, -0.2) is 9.97 Å². The van der Waals surface area contributed by atoms with Crippen molar-refractivity contribution in [1.82, 2.24) is 9.97 Å². The third-order valence-corrected chi connectivity index (χ3v) is 3.41. The second kappa shape index (κ2) is 6.40. The van der Waals surface area contributed by atoms with Crippen LogP contribution in [0.5, 0.6) is 0 Å². The zero-order chi connectivity index (χ0) is 16.2. The van der Waals surface area contributed by atoms with Crippen molar-refractivity contribution >= 4 is 21.8 Å². The smallest absolute Gasteiger partial charge is 0.365 e. The Morgan fingerprint density at radius 3 is 2.57 bits per heavy atom. The van der Waals surface area contributed by atoms with Crippen LogP contribution in [0.1, 0.15) is 13.8 Å². The van der Waals surface area contributed by atoms with Crippen LogP contribution in [0.4, 0.5) is 0 Å². The van der Waals surface area contributed by atoms with Gasteiger partial charge in [0, 0.05) is 11.8 Å². The molecular weight excluding hydrogens is 288 g/mol. The first-order chi connectivity index (χ1) is 11.3. The maximum atomic E-state index is 12.0. The van der Waals surface area contributed by atoms with Crippen molar-refractivity contribution in [2.75, 3.05) is 0 Å². The highest BCUT2D eigenvalue weighted by Crippen LogP contribution is 2.27. The largest absolute Gasteiger partial charge is 0.402 e. The molecule has 4 aromatic rings. The Balaban J connectivity index is 0.000000753. The Morgan fingerprint density at radius 2 is 1.70 bits per heavy atom. The standard InChI is InChI=1S/C17H10N2O2.C2H6/c20-17-15-14(9-4-10-18-15)19-16(21-17)13-8-3-6-11-5-1-2-7-12(11)13;1-2/h1-10H;1-2H3. The summed E-state index contributed by atoms with van der Waals surface area (Å²) < 4.78 is 5.36. The molecule has 0 saturated heterocycles. The molecule has 0 fully saturated rings. The Bertz CT molecular complexity index is 1020. The first-order valence-electron chi connectivity index (χ1n) is 7.57. The van der Waals surface area contributed by atoms with E-state index in [1.807, 2.05) is 56.3 Å². The molecule has 114 valence electrons. The SMILES string of the molecule is CC.O=c1oc(-c2cccc3ccccc23)nc2cccnc12. The summed E-state index contributed by atoms with van der Waals surface area (Å²) in [6, 6.07) is 17.3. The third-order valence-electron chi connectivity index (χ3n) is 3.41. The molecule has 0 radical (unpaired) electrons. The third kappa shape index (κ3) is 2.71. The van der Waals surface area contributed by atoms with Crippen LogP contribution in [0.2, 0.25) is 0 Å². The molecule has 0 spiro atoms. The van der Waals surface area contributed by atoms with Crippen molar-refractivity contribution in [3.63, 3.8) is 0 Å². The maximum absolute atomic E-state index is 12.0. The van der Waals surface area contributed by atoms with Gasteiger partial charge in [0.05, 0.1) is 0 Å². The predicted octanol–water partition coefficient (Wildman–Crippen LogP) is 4.43. The highest BCUT2D eigenvalue weighted by molar-refractivity contribution is 5.95. The summed E-state index contributed by atoms with van der Waals surface area (Å²) in [7, 11) is 0. The molecule has 2 aromatic carbocycles. The molecule has 4 heteroatoms. The Hall–Kier alpha value is -3.01. The lowest BCUT2D eigenvalue weighted by Crippen LogP contribution is -2.04. The van der Waals surface area contributed by atoms with Crippen molar-refractivity contribution in [2.24, 2.45) is 0 Å². The van der Waals surface area contributed by atoms with Crippen molar-refractivity contribution in [1.29, 1.82) is 0 Å². The van der Waals surface area contributed by atoms with Crippen LogP contribution in [0, 0.1) is 0 Å². The maximum Gasteiger partial charge on any atom is 0.365 e. The normalized spacial score (nSPS) is 10.3. The molecule has 0 N–H and O–H groups in total. The summed E-state index contributed by atoms with van der Waals surface area (Å²) in [4.78, 5) is 20.5. The lowest BCUT2D eigenvalue weighted by molar-refractivity contribution is 0.517. The highest BCUT2D eigenvalue weighted by Gasteiger charge is 2.11. The van der Waals surface area contributed by atoms with Gasteiger partial charge in [-0.2, -0.15) is 0 Å². The molecule has 0 aliphatic carbocycles. The van der Waals surface area contributed by atoms with Gasteiger partial charge < -0.3 is 4.42 Å². The minimum absolute atomic E-state index is 0.251. The first kappa shape index (κ1) is 14.9. The van der Waals surface area contributed by atoms with E-state index in [1.54, 1.807) is 18.3 Å². The fourth-order valence-corrected chi connectivity index (χ4v) is 2.44. The van der Waals surface area contributed by atoms with Gasteiger partial charge in [-0.3, -0.25) is 0 Å². The minimum Gasteiger partial charge on any atom is -0.402 e. The quantitative estimate of drug-likeness (QED) is 0.522. The number of rotatable bonds is 1. The van der Waals surface area contributed by atoms with E-state index in [9.17, 15) is 4.79 Å². The topological polar surface area (TPSA) is 56.0 Å². The molecule has 0 amide bonds. The zero-order valence-corrected chi connectivity index (χ0v) is 13.0. The summed E-state index contributed by atoms with van der Waals surface area (Å²) in [5.41, 5.74) is 1.12. The van der Waals surface area contributed by atoms with Gasteiger partial charge in [0.1, 0.15) is 5.52 Å². The zero-order valence-electron chi connectivity index (χ0n) is 13.0. The lowest BCUT2D eigenvalue weighted by Gasteiger charge is -2.05. The molecule has 2 heterocycles. The number of benzene rings is 2. The van der Waals surface area contributed by atoms with E-state index in [2.05, 4.69) is 9.97 Å². The Labute approximate surface area is 133 Å². The molecular formula is C19H16N2O2. The van der Waals surface area contributed by atoms with Crippen LogP contribution in [0.25, 0.3) is 33.3 Å². The van der Waals surface area contributed by atoms with Gasteiger partial charge in [0.25, 0.3) is 0 Å². The minimum atomic E-state index is -0.469. The summed E-state index contributed by atoms with van der Waals surface area (Å²) in [6.45, 7) is 4.00. The van der Waals surface area contributed by atoms with Gasteiger partial charge in [-0.15, -0.1) is 0 Å². The number of hydrogen-bond donors (Lipinski definition) is 0. The van der Waals surface area contributed by atoms with Crippen LogP contribution >= 0.6 is 0 Å². The lowest BCUT2D eigenvalue weighted by atomic mass is 10.0. The van der Waals surface area contributed by atoms with Gasteiger partial charge in [0.2, 0.25) is 5.89 Å². The highest BCUT2D eigenvalue weighted by atomic mass is 16.4. The molecule has 0 bridgehead atoms. The van der Waals surface area contributed by atoms with Crippen LogP contribution in [-0.2, 0) is 0 Å². The average molecular weight is 304 g/mol. The van der Waals surface area contributed by atoms with Crippen molar-refractivity contribution in [2.45, 2.75) is 13.8 Å². The molecule has 0 unspecified atom stereocenters. The average Bonchev–Trinajstić information content (AvgIpc) is 2.63. The summed E-state index contributed by atoms with van der Waals surface area (Å²) in [5.74, 6) is 0.317. The van der Waals surface area contributed by atoms with E-state index in [0.717, 1.165) is 16.3 Å². The molecule has 0 aliphatic rings. The van der Waals surface area contributed by atoms with Crippen molar-refractivity contribution in [3.8, 4) is 11.5 Å². The van der Waals surface area contributed by atoms with Crippen molar-refractivity contribution < 1.29 is 4.42 Å². The second-order valence-corrected chi connectivity index (χ2v) is 4.70. The van der Waals surface area contributed by atoms with Gasteiger partial charge in [-0.25, -0.2) is 14.8 Å². The van der Waals surface area contributed by atoms with E-state index < -0.39 is 5.63 Å². The first-order valence-corrected chi connectivity index (χ1v) is 7.57. The Morgan fingerprint density at radius 1 is 0.913 bits per heavy atom. The Kier molecular flexibility index (Phi) is 4.15. The molecule has 0 aliphatic heterocycles. The van der Waals surface area contributed by atoms with Crippen LogP contribution in [0.3, 0.4) is 0 Å². The van der Waals surface area contributed by atoms with E-state index in [4.69, 9.17) is 4.42 Å². The fourth-order valence-electron chi connectivity index (χ4n) is 2.44. The van der Waals surface area contributed by atoms with E-state index >= 15 is 0 Å². The van der Waals surface area contributed by atoms with Crippen LogP contribution in [0.15, 0.2) is 70.0 Å². The molecule has 2 aromatic heterocycles. The predicted molar refractivity (Wildman–Crippen MR) is 92.4 cm³/mol. The number of nitrogens with zero attached hydrogens (tertiary/aromatic N) is 2. The molecule has 4 rings (SSSR count). The number of hydrogen-bond acceptors (Lipinski definition) is 4. The molecule has 0 atom stereocenters. The number of aromatic nitrogens is 2. The number of pyridine rings is 1. The van der Waals surface area contributed by atoms with Crippen LogP contribution < -0.4 is 5.63 Å². The van der Waals surface area contributed by atoms with E-state index in [-0.39, 0.29) is 5.52 Å². The molecule has 4 nitrogen and oxygen atoms in total. The van der Waals surface area contributed by atoms with Gasteiger partial charge in [-0.05, 0) is 29.0 Å². The van der Waals surface area contributed by atoms with Gasteiger partial charge in [0.15, 0.2) is 5.52 Å². The van der Waals surface area contributed by atoms with E-state index in [1.165, 1.54) is 0 Å². The fraction of sp³-hybridized carbons (Fsp3) is 0.105. The summed E-state index contributed by atoms with van der Waals surface area (Å²) in [6.07, 6.45) is 1.55. The second-order valence-electron chi connectivity index (χ2n) is 4.70. The molecule has 0 saturated carbocycles. The van der Waals surface area contributed by atoms with Gasteiger partial charge in [-0.1, -0.05) is 50.2 Å². The molecule has 23 heavy (non-hydrogen) atoms. The number of fused-ring (bicyclic) bond motifs is 2.